The predicted molar refractivity (Wildman–Crippen MR) is 131 cm³/mol. The van der Waals surface area contributed by atoms with Crippen molar-refractivity contribution in [2.45, 2.75) is 46.1 Å². The van der Waals surface area contributed by atoms with Gasteiger partial charge in [0.25, 0.3) is 0 Å². The van der Waals surface area contributed by atoms with Crippen molar-refractivity contribution in [1.82, 2.24) is 4.57 Å². The van der Waals surface area contributed by atoms with E-state index in [0.29, 0.717) is 0 Å². The minimum Gasteiger partial charge on any atom is -0.338 e. The Bertz CT molecular complexity index is 1290. The van der Waals surface area contributed by atoms with Gasteiger partial charge >= 0.3 is 0 Å². The number of fused-ring (bicyclic) bond motifs is 7. The molecule has 28 heavy (non-hydrogen) atoms. The Morgan fingerprint density at radius 2 is 1.64 bits per heavy atom. The highest BCUT2D eigenvalue weighted by molar-refractivity contribution is 9.10. The Labute approximate surface area is 182 Å². The highest BCUT2D eigenvalue weighted by Crippen LogP contribution is 2.47. The number of aromatic nitrogens is 1. The molecule has 0 spiro atoms. The fourth-order valence-electron chi connectivity index (χ4n) is 4.40. The van der Waals surface area contributed by atoms with Crippen molar-refractivity contribution >= 4 is 79.2 Å². The fourth-order valence-corrected chi connectivity index (χ4v) is 7.50. The molecule has 1 nitrogen and oxygen atoms in total. The first-order valence-corrected chi connectivity index (χ1v) is 12.6. The van der Waals surface area contributed by atoms with Crippen molar-refractivity contribution in [2.75, 3.05) is 0 Å². The van der Waals surface area contributed by atoms with Gasteiger partial charge in [-0.25, -0.2) is 0 Å². The molecule has 3 aromatic heterocycles. The average molecular weight is 471 g/mol. The van der Waals surface area contributed by atoms with Gasteiger partial charge in [0.15, 0.2) is 0 Å². The summed E-state index contributed by atoms with van der Waals surface area (Å²) in [6.45, 7) is 5.78. The summed E-state index contributed by atoms with van der Waals surface area (Å²) < 4.78 is 9.56. The summed E-state index contributed by atoms with van der Waals surface area (Å²) in [4.78, 5) is 0. The van der Waals surface area contributed by atoms with Crippen LogP contribution >= 0.6 is 38.6 Å². The van der Waals surface area contributed by atoms with Crippen LogP contribution in [0.25, 0.3) is 40.6 Å². The molecule has 4 heteroatoms. The summed E-state index contributed by atoms with van der Waals surface area (Å²) in [6.07, 6.45) is 5.18. The standard InChI is InChI=1S/C24H24BrNS2/c1-3-5-8-15(4-2)14-26-21-17-9-6-7-10-19(17)27-23(21)24-22(26)18-12-11-16(25)13-20(18)28-24/h6-7,9-13,15H,3-5,8,14H2,1-2H3. The van der Waals surface area contributed by atoms with E-state index in [-0.39, 0.29) is 0 Å². The predicted octanol–water partition coefficient (Wildman–Crippen LogP) is 9.20. The molecule has 0 N–H and O–H groups in total. The van der Waals surface area contributed by atoms with Gasteiger partial charge in [-0.15, -0.1) is 22.7 Å². The lowest BCUT2D eigenvalue weighted by Gasteiger charge is -2.17. The molecule has 2 aromatic carbocycles. The number of unbranched alkanes of at least 4 members (excludes halogenated alkanes) is 1. The van der Waals surface area contributed by atoms with Crippen LogP contribution in [0.4, 0.5) is 0 Å². The molecule has 0 bridgehead atoms. The number of halogens is 1. The first kappa shape index (κ1) is 18.7. The van der Waals surface area contributed by atoms with Crippen molar-refractivity contribution in [2.24, 2.45) is 5.92 Å². The number of hydrogen-bond donors (Lipinski definition) is 0. The lowest BCUT2D eigenvalue weighted by atomic mass is 9.99. The Balaban J connectivity index is 1.82. The topological polar surface area (TPSA) is 4.93 Å². The van der Waals surface area contributed by atoms with Crippen molar-refractivity contribution in [3.8, 4) is 0 Å². The zero-order valence-electron chi connectivity index (χ0n) is 16.3. The van der Waals surface area contributed by atoms with E-state index in [1.165, 1.54) is 66.3 Å². The number of nitrogens with zero attached hydrogens (tertiary/aromatic N) is 1. The largest absolute Gasteiger partial charge is 0.338 e. The van der Waals surface area contributed by atoms with Gasteiger partial charge in [-0.2, -0.15) is 0 Å². The van der Waals surface area contributed by atoms with Gasteiger partial charge in [-0.1, -0.05) is 73.3 Å². The second-order valence-electron chi connectivity index (χ2n) is 7.72. The first-order chi connectivity index (χ1) is 13.7. The average Bonchev–Trinajstić information content (AvgIpc) is 3.34. The van der Waals surface area contributed by atoms with Gasteiger partial charge in [0.05, 0.1) is 20.4 Å². The van der Waals surface area contributed by atoms with Crippen molar-refractivity contribution in [3.05, 3.63) is 46.9 Å². The molecule has 5 rings (SSSR count). The van der Waals surface area contributed by atoms with Crippen LogP contribution in [-0.2, 0) is 6.54 Å². The number of thiophene rings is 2. The maximum Gasteiger partial charge on any atom is 0.0714 e. The maximum absolute atomic E-state index is 3.66. The van der Waals surface area contributed by atoms with E-state index < -0.39 is 0 Å². The molecule has 0 fully saturated rings. The molecule has 1 atom stereocenters. The van der Waals surface area contributed by atoms with Crippen LogP contribution < -0.4 is 0 Å². The Hall–Kier alpha value is -1.36. The van der Waals surface area contributed by atoms with Crippen LogP contribution in [0.2, 0.25) is 0 Å². The van der Waals surface area contributed by atoms with Crippen LogP contribution in [0.1, 0.15) is 39.5 Å². The molecule has 144 valence electrons. The van der Waals surface area contributed by atoms with Crippen molar-refractivity contribution in [3.63, 3.8) is 0 Å². The molecule has 1 unspecified atom stereocenters. The quantitative estimate of drug-likeness (QED) is 0.233. The summed E-state index contributed by atoms with van der Waals surface area (Å²) in [5.41, 5.74) is 2.91. The van der Waals surface area contributed by atoms with E-state index in [0.717, 1.165) is 16.9 Å². The summed E-state index contributed by atoms with van der Waals surface area (Å²) in [5, 5.41) is 2.82. The summed E-state index contributed by atoms with van der Waals surface area (Å²) in [5.74, 6) is 0.739. The fraction of sp³-hybridized carbons (Fsp3) is 0.333. The number of benzene rings is 2. The molecular weight excluding hydrogens is 446 g/mol. The zero-order valence-corrected chi connectivity index (χ0v) is 19.5. The minimum atomic E-state index is 0.739. The Morgan fingerprint density at radius 1 is 0.929 bits per heavy atom. The first-order valence-electron chi connectivity index (χ1n) is 10.2. The molecule has 0 saturated carbocycles. The molecule has 0 aliphatic rings. The molecule has 0 aliphatic heterocycles. The third-order valence-corrected chi connectivity index (χ3v) is 8.88. The molecule has 0 radical (unpaired) electrons. The second-order valence-corrected chi connectivity index (χ2v) is 10.7. The van der Waals surface area contributed by atoms with Crippen LogP contribution in [-0.4, -0.2) is 4.57 Å². The molecule has 0 amide bonds. The molecule has 0 aliphatic carbocycles. The van der Waals surface area contributed by atoms with Gasteiger partial charge in [-0.05, 0) is 30.5 Å². The third kappa shape index (κ3) is 2.92. The molecule has 3 heterocycles. The van der Waals surface area contributed by atoms with Crippen LogP contribution in [0.5, 0.6) is 0 Å². The number of rotatable bonds is 6. The van der Waals surface area contributed by atoms with E-state index in [9.17, 15) is 0 Å². The van der Waals surface area contributed by atoms with Crippen molar-refractivity contribution < 1.29 is 0 Å². The molecule has 0 saturated heterocycles. The SMILES string of the molecule is CCCCC(CC)Cn1c2c3ccccc3sc2c2sc3cc(Br)ccc3c21. The van der Waals surface area contributed by atoms with Gasteiger partial charge < -0.3 is 4.57 Å². The third-order valence-electron chi connectivity index (χ3n) is 5.93. The van der Waals surface area contributed by atoms with Crippen LogP contribution in [0.15, 0.2) is 46.9 Å². The van der Waals surface area contributed by atoms with Gasteiger partial charge in [0, 0.05) is 31.2 Å². The smallest absolute Gasteiger partial charge is 0.0714 e. The van der Waals surface area contributed by atoms with Gasteiger partial charge in [0.2, 0.25) is 0 Å². The molecule has 5 aromatic rings. The Morgan fingerprint density at radius 3 is 2.39 bits per heavy atom. The minimum absolute atomic E-state index is 0.739. The number of hydrogen-bond acceptors (Lipinski definition) is 2. The maximum atomic E-state index is 3.66. The van der Waals surface area contributed by atoms with Gasteiger partial charge in [0.1, 0.15) is 0 Å². The highest BCUT2D eigenvalue weighted by Gasteiger charge is 2.22. The lowest BCUT2D eigenvalue weighted by molar-refractivity contribution is 0.401. The van der Waals surface area contributed by atoms with Crippen molar-refractivity contribution in [1.29, 1.82) is 0 Å². The van der Waals surface area contributed by atoms with Crippen LogP contribution in [0.3, 0.4) is 0 Å². The van der Waals surface area contributed by atoms with Gasteiger partial charge in [-0.3, -0.25) is 0 Å². The summed E-state index contributed by atoms with van der Waals surface area (Å²) in [7, 11) is 0. The Kier molecular flexibility index (Phi) is 4.98. The van der Waals surface area contributed by atoms with E-state index in [1.807, 2.05) is 22.7 Å². The normalized spacial score (nSPS) is 13.4. The van der Waals surface area contributed by atoms with E-state index in [1.54, 1.807) is 0 Å². The summed E-state index contributed by atoms with van der Waals surface area (Å²) in [6, 6.07) is 15.7. The molecular formula is C24H24BrNS2. The highest BCUT2D eigenvalue weighted by atomic mass is 79.9. The van der Waals surface area contributed by atoms with E-state index in [2.05, 4.69) is 76.8 Å². The van der Waals surface area contributed by atoms with E-state index in [4.69, 9.17) is 0 Å². The zero-order chi connectivity index (χ0) is 19.3. The van der Waals surface area contributed by atoms with Crippen LogP contribution in [0, 0.1) is 5.92 Å². The van der Waals surface area contributed by atoms with E-state index >= 15 is 0 Å². The second kappa shape index (κ2) is 7.47. The monoisotopic (exact) mass is 469 g/mol. The lowest BCUT2D eigenvalue weighted by Crippen LogP contribution is -2.10. The summed E-state index contributed by atoms with van der Waals surface area (Å²) >= 11 is 7.57.